The van der Waals surface area contributed by atoms with Crippen molar-refractivity contribution in [3.05, 3.63) is 28.7 Å². The topological polar surface area (TPSA) is 29.1 Å². The van der Waals surface area contributed by atoms with Gasteiger partial charge in [-0.25, -0.2) is 0 Å². The van der Waals surface area contributed by atoms with Crippen LogP contribution >= 0.6 is 23.6 Å². The summed E-state index contributed by atoms with van der Waals surface area (Å²) in [5.41, 5.74) is 2.21. The Bertz CT molecular complexity index is 544. The van der Waals surface area contributed by atoms with E-state index in [1.807, 2.05) is 0 Å². The number of hydrogen-bond acceptors (Lipinski definition) is 3. The third-order valence-corrected chi connectivity index (χ3v) is 5.28. The number of carbonyl (C=O) groups excluding carboxylic acids is 1. The zero-order valence-electron chi connectivity index (χ0n) is 10.1. The number of Topliss-reactive ketones (excluding diaryl/α,β-unsaturated/α-hetero) is 1. The van der Waals surface area contributed by atoms with Gasteiger partial charge in [-0.05, 0) is 37.7 Å². The number of carbonyl (C=O) groups is 1. The van der Waals surface area contributed by atoms with E-state index in [0.717, 1.165) is 23.4 Å². The van der Waals surface area contributed by atoms with Gasteiger partial charge < -0.3 is 5.32 Å². The first-order valence-electron chi connectivity index (χ1n) is 6.33. The van der Waals surface area contributed by atoms with Crippen LogP contribution in [0, 0.1) is 5.92 Å². The molecule has 0 saturated heterocycles. The van der Waals surface area contributed by atoms with Gasteiger partial charge >= 0.3 is 0 Å². The number of fused-ring (bicyclic) bond motifs is 3. The van der Waals surface area contributed by atoms with Crippen LogP contribution in [0.2, 0.25) is 0 Å². The first-order valence-corrected chi connectivity index (χ1v) is 7.55. The molecule has 18 heavy (non-hydrogen) atoms. The van der Waals surface area contributed by atoms with Gasteiger partial charge in [0.05, 0.1) is 16.5 Å². The molecule has 2 nitrogen and oxygen atoms in total. The van der Waals surface area contributed by atoms with E-state index in [-0.39, 0.29) is 11.7 Å². The predicted molar refractivity (Wildman–Crippen MR) is 79.8 cm³/mol. The third kappa shape index (κ3) is 1.75. The van der Waals surface area contributed by atoms with E-state index in [9.17, 15) is 4.79 Å². The van der Waals surface area contributed by atoms with Crippen molar-refractivity contribution in [2.24, 2.45) is 5.92 Å². The minimum Gasteiger partial charge on any atom is -0.341 e. The molecule has 0 spiro atoms. The van der Waals surface area contributed by atoms with Crippen LogP contribution in [0.4, 0.5) is 5.00 Å². The maximum atomic E-state index is 12.6. The molecule has 0 fully saturated rings. The molecule has 3 rings (SSSR count). The lowest BCUT2D eigenvalue weighted by molar-refractivity contribution is 0.0954. The van der Waals surface area contributed by atoms with Crippen molar-refractivity contribution >= 4 is 39.3 Å². The van der Waals surface area contributed by atoms with Gasteiger partial charge in [-0.1, -0.05) is 18.3 Å². The van der Waals surface area contributed by atoms with E-state index in [4.69, 9.17) is 12.2 Å². The molecule has 1 unspecified atom stereocenters. The van der Waals surface area contributed by atoms with E-state index in [0.29, 0.717) is 11.4 Å². The molecule has 2 aliphatic rings. The zero-order valence-corrected chi connectivity index (χ0v) is 11.8. The summed E-state index contributed by atoms with van der Waals surface area (Å²) in [5, 5.41) is 4.25. The smallest absolute Gasteiger partial charge is 0.176 e. The lowest BCUT2D eigenvalue weighted by Gasteiger charge is -2.23. The van der Waals surface area contributed by atoms with Crippen molar-refractivity contribution in [1.82, 2.24) is 0 Å². The number of nitrogens with one attached hydrogen (secondary N) is 1. The molecule has 1 atom stereocenters. The standard InChI is InChI=1S/C14H15NOS2/c1-2-5-9-12(16)11-8-6-3-4-7-10(8)18-14(11)15-13(9)17/h2,9H,1,3-7H2,(H,15,17). The number of allylic oxidation sites excluding steroid dienone is 1. The third-order valence-electron chi connectivity index (χ3n) is 3.69. The number of aryl methyl sites for hydroxylation is 1. The Morgan fingerprint density at radius 3 is 3.00 bits per heavy atom. The highest BCUT2D eigenvalue weighted by molar-refractivity contribution is 7.80. The molecule has 2 heterocycles. The van der Waals surface area contributed by atoms with Gasteiger partial charge in [0.1, 0.15) is 5.00 Å². The Morgan fingerprint density at radius 1 is 1.44 bits per heavy atom. The second-order valence-corrected chi connectivity index (χ2v) is 6.39. The Hall–Kier alpha value is -1.00. The Balaban J connectivity index is 2.07. The number of ketones is 1. The number of thiophene rings is 1. The summed E-state index contributed by atoms with van der Waals surface area (Å²) in [5.74, 6) is -0.00123. The predicted octanol–water partition coefficient (Wildman–Crippen LogP) is 3.75. The molecule has 1 aromatic rings. The molecular weight excluding hydrogens is 262 g/mol. The second kappa shape index (κ2) is 4.59. The largest absolute Gasteiger partial charge is 0.341 e. The molecule has 0 radical (unpaired) electrons. The number of rotatable bonds is 2. The van der Waals surface area contributed by atoms with E-state index in [2.05, 4.69) is 11.9 Å². The van der Waals surface area contributed by atoms with Crippen LogP contribution in [0.3, 0.4) is 0 Å². The van der Waals surface area contributed by atoms with Crippen molar-refractivity contribution in [3.8, 4) is 0 Å². The molecule has 94 valence electrons. The number of hydrogen-bond donors (Lipinski definition) is 1. The fourth-order valence-electron chi connectivity index (χ4n) is 2.79. The fraction of sp³-hybridized carbons (Fsp3) is 0.429. The molecular formula is C14H15NOS2. The first-order chi connectivity index (χ1) is 8.72. The average Bonchev–Trinajstić information content (AvgIpc) is 2.72. The lowest BCUT2D eigenvalue weighted by atomic mass is 9.86. The highest BCUT2D eigenvalue weighted by atomic mass is 32.1. The Labute approximate surface area is 116 Å². The molecule has 1 N–H and O–H groups in total. The lowest BCUT2D eigenvalue weighted by Crippen LogP contribution is -2.33. The molecule has 0 saturated carbocycles. The van der Waals surface area contributed by atoms with E-state index < -0.39 is 0 Å². The second-order valence-electron chi connectivity index (χ2n) is 4.85. The molecule has 1 aliphatic heterocycles. The number of thiocarbonyl (C=S) groups is 1. The van der Waals surface area contributed by atoms with Crippen LogP contribution < -0.4 is 5.32 Å². The van der Waals surface area contributed by atoms with Crippen LogP contribution in [-0.4, -0.2) is 10.8 Å². The first kappa shape index (κ1) is 12.1. The molecule has 0 amide bonds. The maximum absolute atomic E-state index is 12.6. The summed E-state index contributed by atoms with van der Waals surface area (Å²) >= 11 is 7.03. The molecule has 0 aromatic carbocycles. The summed E-state index contributed by atoms with van der Waals surface area (Å²) in [6, 6.07) is 0. The van der Waals surface area contributed by atoms with Crippen molar-refractivity contribution in [1.29, 1.82) is 0 Å². The summed E-state index contributed by atoms with van der Waals surface area (Å²) in [6.07, 6.45) is 7.00. The molecule has 4 heteroatoms. The van der Waals surface area contributed by atoms with Gasteiger partial charge in [0, 0.05) is 4.88 Å². The number of anilines is 1. The quantitative estimate of drug-likeness (QED) is 0.659. The molecule has 0 bridgehead atoms. The fourth-order valence-corrected chi connectivity index (χ4v) is 4.46. The maximum Gasteiger partial charge on any atom is 0.176 e. The van der Waals surface area contributed by atoms with E-state index in [1.54, 1.807) is 17.4 Å². The molecule has 1 aliphatic carbocycles. The van der Waals surface area contributed by atoms with Crippen LogP contribution in [0.1, 0.15) is 40.1 Å². The van der Waals surface area contributed by atoms with E-state index >= 15 is 0 Å². The SMILES string of the molecule is C=CCC1C(=O)c2c(sc3c2CCCC3)NC1=S. The minimum atomic E-state index is -0.203. The summed E-state index contributed by atoms with van der Waals surface area (Å²) < 4.78 is 0. The van der Waals surface area contributed by atoms with Gasteiger partial charge in [-0.3, -0.25) is 4.79 Å². The highest BCUT2D eigenvalue weighted by Gasteiger charge is 2.35. The zero-order chi connectivity index (χ0) is 12.7. The summed E-state index contributed by atoms with van der Waals surface area (Å²) in [7, 11) is 0. The summed E-state index contributed by atoms with van der Waals surface area (Å²) in [4.78, 5) is 14.6. The Morgan fingerprint density at radius 2 is 2.22 bits per heavy atom. The monoisotopic (exact) mass is 277 g/mol. The average molecular weight is 277 g/mol. The van der Waals surface area contributed by atoms with Crippen molar-refractivity contribution < 1.29 is 4.79 Å². The molecule has 1 aromatic heterocycles. The van der Waals surface area contributed by atoms with Gasteiger partial charge in [-0.15, -0.1) is 17.9 Å². The van der Waals surface area contributed by atoms with E-state index in [1.165, 1.54) is 23.3 Å². The van der Waals surface area contributed by atoms with Gasteiger partial charge in [0.15, 0.2) is 5.78 Å². The minimum absolute atomic E-state index is 0.202. The Kier molecular flexibility index (Phi) is 3.08. The van der Waals surface area contributed by atoms with Crippen LogP contribution in [0.5, 0.6) is 0 Å². The van der Waals surface area contributed by atoms with Crippen LogP contribution in [0.15, 0.2) is 12.7 Å². The van der Waals surface area contributed by atoms with Crippen molar-refractivity contribution in [2.75, 3.05) is 5.32 Å². The van der Waals surface area contributed by atoms with Gasteiger partial charge in [0.2, 0.25) is 0 Å². The normalized spacial score (nSPS) is 22.1. The summed E-state index contributed by atoms with van der Waals surface area (Å²) in [6.45, 7) is 3.72. The van der Waals surface area contributed by atoms with Crippen LogP contribution in [0.25, 0.3) is 0 Å². The highest BCUT2D eigenvalue weighted by Crippen LogP contribution is 2.42. The van der Waals surface area contributed by atoms with Crippen LogP contribution in [-0.2, 0) is 12.8 Å². The van der Waals surface area contributed by atoms with Gasteiger partial charge in [-0.2, -0.15) is 0 Å². The van der Waals surface area contributed by atoms with Gasteiger partial charge in [0.25, 0.3) is 0 Å². The van der Waals surface area contributed by atoms with Crippen molar-refractivity contribution in [2.45, 2.75) is 32.1 Å². The van der Waals surface area contributed by atoms with Crippen molar-refractivity contribution in [3.63, 3.8) is 0 Å².